The number of hydrogen-bond acceptors (Lipinski definition) is 3. The molecule has 0 saturated carbocycles. The van der Waals surface area contributed by atoms with Crippen molar-refractivity contribution in [1.29, 1.82) is 0 Å². The first-order valence-corrected chi connectivity index (χ1v) is 6.64. The summed E-state index contributed by atoms with van der Waals surface area (Å²) >= 11 is 0. The van der Waals surface area contributed by atoms with Crippen molar-refractivity contribution in [3.05, 3.63) is 66.0 Å². The monoisotopic (exact) mass is 256 g/mol. The van der Waals surface area contributed by atoms with Crippen molar-refractivity contribution in [2.75, 3.05) is 6.54 Å². The molecule has 0 bridgehead atoms. The molecule has 2 atom stereocenters. The lowest BCUT2D eigenvalue weighted by Gasteiger charge is -2.19. The zero-order valence-electron chi connectivity index (χ0n) is 11.2. The highest BCUT2D eigenvalue weighted by atomic mass is 16.3. The second kappa shape index (κ2) is 7.02. The van der Waals surface area contributed by atoms with E-state index in [1.807, 2.05) is 42.6 Å². The van der Waals surface area contributed by atoms with E-state index in [0.29, 0.717) is 0 Å². The number of benzene rings is 1. The molecule has 0 aliphatic rings. The number of aliphatic hydroxyl groups excluding tert-OH is 1. The zero-order valence-corrected chi connectivity index (χ0v) is 11.2. The van der Waals surface area contributed by atoms with E-state index in [-0.39, 0.29) is 12.1 Å². The van der Waals surface area contributed by atoms with E-state index in [1.54, 1.807) is 6.92 Å². The van der Waals surface area contributed by atoms with Gasteiger partial charge in [0.05, 0.1) is 17.8 Å². The Hall–Kier alpha value is -1.71. The minimum Gasteiger partial charge on any atom is -0.393 e. The number of aromatic nitrogens is 1. The first-order chi connectivity index (χ1) is 9.27. The number of nitrogens with one attached hydrogen (secondary N) is 1. The van der Waals surface area contributed by atoms with Crippen LogP contribution in [0.15, 0.2) is 54.7 Å². The Bertz CT molecular complexity index is 431. The van der Waals surface area contributed by atoms with Gasteiger partial charge in [-0.25, -0.2) is 0 Å². The molecule has 19 heavy (non-hydrogen) atoms. The largest absolute Gasteiger partial charge is 0.393 e. The van der Waals surface area contributed by atoms with Crippen LogP contribution in [0, 0.1) is 0 Å². The van der Waals surface area contributed by atoms with Crippen LogP contribution in [0.5, 0.6) is 0 Å². The van der Waals surface area contributed by atoms with E-state index in [1.165, 1.54) is 5.56 Å². The summed E-state index contributed by atoms with van der Waals surface area (Å²) in [6, 6.07) is 16.3. The lowest BCUT2D eigenvalue weighted by Crippen LogP contribution is -2.26. The molecule has 0 amide bonds. The molecule has 2 rings (SSSR count). The molecule has 0 radical (unpaired) electrons. The van der Waals surface area contributed by atoms with Gasteiger partial charge in [-0.3, -0.25) is 4.98 Å². The summed E-state index contributed by atoms with van der Waals surface area (Å²) in [5.74, 6) is 0. The van der Waals surface area contributed by atoms with E-state index < -0.39 is 0 Å². The maximum Gasteiger partial charge on any atom is 0.0751 e. The van der Waals surface area contributed by atoms with Crippen molar-refractivity contribution < 1.29 is 5.11 Å². The Kier molecular flexibility index (Phi) is 5.07. The molecule has 3 heteroatoms. The maximum absolute atomic E-state index is 9.35. The number of aliphatic hydroxyl groups is 1. The third-order valence-electron chi connectivity index (χ3n) is 3.03. The minimum atomic E-state index is -0.285. The van der Waals surface area contributed by atoms with Gasteiger partial charge in [0.25, 0.3) is 0 Å². The first-order valence-electron chi connectivity index (χ1n) is 6.64. The van der Waals surface area contributed by atoms with Gasteiger partial charge in [0.2, 0.25) is 0 Å². The quantitative estimate of drug-likeness (QED) is 0.835. The first kappa shape index (κ1) is 13.7. The van der Waals surface area contributed by atoms with E-state index in [9.17, 15) is 5.11 Å². The van der Waals surface area contributed by atoms with Crippen molar-refractivity contribution in [2.24, 2.45) is 0 Å². The van der Waals surface area contributed by atoms with Crippen molar-refractivity contribution in [3.63, 3.8) is 0 Å². The highest BCUT2D eigenvalue weighted by Crippen LogP contribution is 2.19. The number of hydrogen-bond donors (Lipinski definition) is 2. The third-order valence-corrected chi connectivity index (χ3v) is 3.03. The predicted molar refractivity (Wildman–Crippen MR) is 76.8 cm³/mol. The average molecular weight is 256 g/mol. The summed E-state index contributed by atoms with van der Waals surface area (Å²) in [5, 5.41) is 12.8. The Morgan fingerprint density at radius 2 is 1.84 bits per heavy atom. The SMILES string of the molecule is CC(O)CCNC(c1ccccc1)c1ccccn1. The molecule has 0 aliphatic heterocycles. The van der Waals surface area contributed by atoms with E-state index in [2.05, 4.69) is 22.4 Å². The fourth-order valence-corrected chi connectivity index (χ4v) is 2.02. The summed E-state index contributed by atoms with van der Waals surface area (Å²) < 4.78 is 0. The molecule has 0 spiro atoms. The minimum absolute atomic E-state index is 0.0705. The van der Waals surface area contributed by atoms with Crippen molar-refractivity contribution in [1.82, 2.24) is 10.3 Å². The van der Waals surface area contributed by atoms with Gasteiger partial charge in [-0.05, 0) is 37.6 Å². The highest BCUT2D eigenvalue weighted by Gasteiger charge is 2.14. The third kappa shape index (κ3) is 4.16. The normalized spacial score (nSPS) is 14.0. The molecular weight excluding hydrogens is 236 g/mol. The van der Waals surface area contributed by atoms with Crippen molar-refractivity contribution in [3.8, 4) is 0 Å². The van der Waals surface area contributed by atoms with E-state index >= 15 is 0 Å². The van der Waals surface area contributed by atoms with Crippen LogP contribution in [0.4, 0.5) is 0 Å². The van der Waals surface area contributed by atoms with Crippen LogP contribution >= 0.6 is 0 Å². The Balaban J connectivity index is 2.14. The van der Waals surface area contributed by atoms with Crippen LogP contribution in [0.1, 0.15) is 30.6 Å². The Labute approximate surface area is 114 Å². The number of rotatable bonds is 6. The van der Waals surface area contributed by atoms with Crippen LogP contribution in [-0.2, 0) is 0 Å². The molecule has 100 valence electrons. The van der Waals surface area contributed by atoms with E-state index in [4.69, 9.17) is 0 Å². The molecule has 0 aliphatic carbocycles. The van der Waals surface area contributed by atoms with Crippen LogP contribution in [-0.4, -0.2) is 22.7 Å². The Morgan fingerprint density at radius 1 is 1.11 bits per heavy atom. The molecule has 2 N–H and O–H groups in total. The summed E-state index contributed by atoms with van der Waals surface area (Å²) in [7, 11) is 0. The maximum atomic E-state index is 9.35. The smallest absolute Gasteiger partial charge is 0.0751 e. The number of nitrogens with zero attached hydrogens (tertiary/aromatic N) is 1. The summed E-state index contributed by atoms with van der Waals surface area (Å²) in [4.78, 5) is 4.43. The lowest BCUT2D eigenvalue weighted by molar-refractivity contribution is 0.183. The highest BCUT2D eigenvalue weighted by molar-refractivity contribution is 5.27. The fourth-order valence-electron chi connectivity index (χ4n) is 2.02. The summed E-state index contributed by atoms with van der Waals surface area (Å²) in [6.07, 6.45) is 2.25. The van der Waals surface area contributed by atoms with Gasteiger partial charge in [0, 0.05) is 6.20 Å². The molecule has 0 fully saturated rings. The molecule has 0 saturated heterocycles. The molecule has 1 aromatic heterocycles. The number of pyridine rings is 1. The van der Waals surface area contributed by atoms with Gasteiger partial charge in [-0.15, -0.1) is 0 Å². The standard InChI is InChI=1S/C16H20N2O/c1-13(19)10-12-18-16(14-7-3-2-4-8-14)15-9-5-6-11-17-15/h2-9,11,13,16,18-19H,10,12H2,1H3. The van der Waals surface area contributed by atoms with Crippen molar-refractivity contribution >= 4 is 0 Å². The van der Waals surface area contributed by atoms with Crippen LogP contribution < -0.4 is 5.32 Å². The Morgan fingerprint density at radius 3 is 2.47 bits per heavy atom. The van der Waals surface area contributed by atoms with Gasteiger partial charge >= 0.3 is 0 Å². The van der Waals surface area contributed by atoms with Gasteiger partial charge in [-0.1, -0.05) is 36.4 Å². The van der Waals surface area contributed by atoms with Gasteiger partial charge in [0.15, 0.2) is 0 Å². The molecule has 1 aromatic carbocycles. The second-order valence-electron chi connectivity index (χ2n) is 4.69. The van der Waals surface area contributed by atoms with Crippen LogP contribution in [0.3, 0.4) is 0 Å². The molecule has 2 unspecified atom stereocenters. The molecule has 1 heterocycles. The topological polar surface area (TPSA) is 45.1 Å². The molecular formula is C16H20N2O. The fraction of sp³-hybridized carbons (Fsp3) is 0.312. The van der Waals surface area contributed by atoms with Crippen LogP contribution in [0.2, 0.25) is 0 Å². The lowest BCUT2D eigenvalue weighted by atomic mass is 10.0. The summed E-state index contributed by atoms with van der Waals surface area (Å²) in [5.41, 5.74) is 2.19. The van der Waals surface area contributed by atoms with Crippen molar-refractivity contribution in [2.45, 2.75) is 25.5 Å². The molecule has 3 nitrogen and oxygen atoms in total. The zero-order chi connectivity index (χ0) is 13.5. The molecule has 2 aromatic rings. The van der Waals surface area contributed by atoms with Gasteiger partial charge < -0.3 is 10.4 Å². The van der Waals surface area contributed by atoms with E-state index in [0.717, 1.165) is 18.7 Å². The van der Waals surface area contributed by atoms with Gasteiger partial charge in [-0.2, -0.15) is 0 Å². The summed E-state index contributed by atoms with van der Waals surface area (Å²) in [6.45, 7) is 2.56. The predicted octanol–water partition coefficient (Wildman–Crippen LogP) is 2.53. The van der Waals surface area contributed by atoms with Crippen LogP contribution in [0.25, 0.3) is 0 Å². The van der Waals surface area contributed by atoms with Gasteiger partial charge in [0.1, 0.15) is 0 Å². The average Bonchev–Trinajstić information content (AvgIpc) is 2.45. The second-order valence-corrected chi connectivity index (χ2v) is 4.69.